The minimum absolute atomic E-state index is 0.0767. The number of fused-ring (bicyclic) bond motifs is 1. The topological polar surface area (TPSA) is 96.9 Å². The van der Waals surface area contributed by atoms with Gasteiger partial charge in [0, 0.05) is 64.0 Å². The van der Waals surface area contributed by atoms with Crippen LogP contribution in [0.2, 0.25) is 0 Å². The zero-order valence-corrected chi connectivity index (χ0v) is 20.9. The highest BCUT2D eigenvalue weighted by atomic mass is 16.5. The van der Waals surface area contributed by atoms with Gasteiger partial charge in [-0.15, -0.1) is 0 Å². The molecule has 1 aliphatic carbocycles. The maximum absolute atomic E-state index is 13.3. The van der Waals surface area contributed by atoms with Gasteiger partial charge in [-0.1, -0.05) is 6.92 Å². The van der Waals surface area contributed by atoms with Gasteiger partial charge in [-0.25, -0.2) is 4.98 Å². The number of hydrogen-bond donors (Lipinski definition) is 1. The number of amides is 2. The number of aromatic nitrogens is 2. The molecule has 0 unspecified atom stereocenters. The van der Waals surface area contributed by atoms with Crippen LogP contribution in [0.25, 0.3) is 0 Å². The molecule has 9 nitrogen and oxygen atoms in total. The molecule has 0 bridgehead atoms. The summed E-state index contributed by atoms with van der Waals surface area (Å²) >= 11 is 0. The molecule has 2 aromatic rings. The fraction of sp³-hybridized carbons (Fsp3) is 0.538. The average molecular weight is 482 g/mol. The Morgan fingerprint density at radius 3 is 2.71 bits per heavy atom. The number of nitrogens with one attached hydrogen (secondary N) is 1. The lowest BCUT2D eigenvalue weighted by molar-refractivity contribution is 0.00994. The summed E-state index contributed by atoms with van der Waals surface area (Å²) in [6, 6.07) is 5.26. The predicted octanol–water partition coefficient (Wildman–Crippen LogP) is 2.94. The average Bonchev–Trinajstić information content (AvgIpc) is 3.69. The number of benzene rings is 1. The van der Waals surface area contributed by atoms with Crippen molar-refractivity contribution in [2.45, 2.75) is 38.8 Å². The van der Waals surface area contributed by atoms with Crippen molar-refractivity contribution in [3.05, 3.63) is 48.0 Å². The lowest BCUT2D eigenvalue weighted by atomic mass is 10.0. The summed E-state index contributed by atoms with van der Waals surface area (Å²) < 4.78 is 12.1. The first-order valence-corrected chi connectivity index (χ1v) is 12.2. The molecule has 1 aliphatic heterocycles. The zero-order chi connectivity index (χ0) is 24.9. The van der Waals surface area contributed by atoms with Crippen LogP contribution in [0, 0.1) is 11.8 Å². The molecule has 1 saturated carbocycles. The van der Waals surface area contributed by atoms with Gasteiger partial charge in [0.05, 0.1) is 17.9 Å². The molecule has 3 atom stereocenters. The second kappa shape index (κ2) is 11.1. The summed E-state index contributed by atoms with van der Waals surface area (Å²) in [5, 5.41) is 2.82. The molecule has 1 fully saturated rings. The van der Waals surface area contributed by atoms with E-state index >= 15 is 0 Å². The lowest BCUT2D eigenvalue weighted by Crippen LogP contribution is -2.47. The molecule has 2 amide bonds. The third-order valence-electron chi connectivity index (χ3n) is 6.82. The van der Waals surface area contributed by atoms with E-state index in [-0.39, 0.29) is 35.6 Å². The van der Waals surface area contributed by atoms with Crippen LogP contribution < -0.4 is 10.1 Å². The lowest BCUT2D eigenvalue weighted by Gasteiger charge is -2.36. The van der Waals surface area contributed by atoms with Crippen molar-refractivity contribution < 1.29 is 19.1 Å². The van der Waals surface area contributed by atoms with Crippen molar-refractivity contribution in [2.24, 2.45) is 11.8 Å². The maximum Gasteiger partial charge on any atom is 0.275 e. The van der Waals surface area contributed by atoms with Gasteiger partial charge in [0.15, 0.2) is 0 Å². The first-order chi connectivity index (χ1) is 16.9. The number of nitrogens with zero attached hydrogens (tertiary/aromatic N) is 4. The minimum Gasteiger partial charge on any atom is -0.491 e. The first-order valence-electron chi connectivity index (χ1n) is 12.2. The molecular formula is C26H35N5O4. The van der Waals surface area contributed by atoms with Crippen molar-refractivity contribution in [3.8, 4) is 5.75 Å². The number of likely N-dealkylation sites (N-methyl/N-ethyl adjacent to an activating group) is 1. The fourth-order valence-electron chi connectivity index (χ4n) is 4.42. The molecule has 188 valence electrons. The highest BCUT2D eigenvalue weighted by Gasteiger charge is 2.31. The van der Waals surface area contributed by atoms with Gasteiger partial charge < -0.3 is 19.7 Å². The number of anilines is 1. The summed E-state index contributed by atoms with van der Waals surface area (Å²) in [7, 11) is 3.49. The Morgan fingerprint density at radius 2 is 2.03 bits per heavy atom. The molecule has 0 saturated heterocycles. The van der Waals surface area contributed by atoms with Gasteiger partial charge >= 0.3 is 0 Å². The van der Waals surface area contributed by atoms with E-state index in [1.54, 1.807) is 37.3 Å². The Kier molecular flexibility index (Phi) is 7.97. The molecule has 1 N–H and O–H groups in total. The fourth-order valence-corrected chi connectivity index (χ4v) is 4.42. The van der Waals surface area contributed by atoms with E-state index in [4.69, 9.17) is 9.47 Å². The first kappa shape index (κ1) is 25.1. The number of hydrogen-bond acceptors (Lipinski definition) is 7. The number of methoxy groups -OCH3 is 1. The van der Waals surface area contributed by atoms with Crippen LogP contribution in [-0.4, -0.2) is 84.1 Å². The van der Waals surface area contributed by atoms with Crippen LogP contribution in [0.3, 0.4) is 0 Å². The molecule has 35 heavy (non-hydrogen) atoms. The highest BCUT2D eigenvalue weighted by molar-refractivity contribution is 6.03. The van der Waals surface area contributed by atoms with Gasteiger partial charge in [0.25, 0.3) is 11.8 Å². The van der Waals surface area contributed by atoms with Gasteiger partial charge in [-0.05, 0) is 43.7 Å². The van der Waals surface area contributed by atoms with Crippen molar-refractivity contribution in [1.82, 2.24) is 19.8 Å². The molecule has 2 aliphatic rings. The third kappa shape index (κ3) is 6.35. The Morgan fingerprint density at radius 1 is 1.23 bits per heavy atom. The van der Waals surface area contributed by atoms with Crippen molar-refractivity contribution in [1.29, 1.82) is 0 Å². The van der Waals surface area contributed by atoms with Crippen molar-refractivity contribution in [3.63, 3.8) is 0 Å². The monoisotopic (exact) mass is 481 g/mol. The second-order valence-corrected chi connectivity index (χ2v) is 9.75. The van der Waals surface area contributed by atoms with Gasteiger partial charge in [0.2, 0.25) is 0 Å². The summed E-state index contributed by atoms with van der Waals surface area (Å²) in [5.74, 6) is 0.922. The quantitative estimate of drug-likeness (QED) is 0.701. The van der Waals surface area contributed by atoms with Gasteiger partial charge in [0.1, 0.15) is 18.1 Å². The number of carbonyl (C=O) groups is 2. The molecule has 9 heteroatoms. The van der Waals surface area contributed by atoms with Crippen LogP contribution in [0.15, 0.2) is 36.8 Å². The predicted molar refractivity (Wildman–Crippen MR) is 133 cm³/mol. The number of carbonyl (C=O) groups excluding carboxylic acids is 2. The molecule has 2 heterocycles. The standard InChI is InChI=1S/C26H35N5O4/c1-17-13-31(14-19-5-6-19)18(2)16-35-23-11-20(29-25(32)22-12-27-9-10-28-22)7-8-21(23)26(33)30(3)15-24(17)34-4/h7-12,17-19,24H,5-6,13-16H2,1-4H3,(H,29,32)/t17-,18+,24+/m0/s1. The summed E-state index contributed by atoms with van der Waals surface area (Å²) in [5.41, 5.74) is 1.18. The van der Waals surface area contributed by atoms with Crippen LogP contribution >= 0.6 is 0 Å². The van der Waals surface area contributed by atoms with E-state index in [1.165, 1.54) is 31.4 Å². The molecule has 0 radical (unpaired) electrons. The van der Waals surface area contributed by atoms with E-state index in [2.05, 4.69) is 34.0 Å². The van der Waals surface area contributed by atoms with Crippen LogP contribution in [-0.2, 0) is 4.74 Å². The van der Waals surface area contributed by atoms with E-state index in [1.807, 2.05) is 0 Å². The molecule has 4 rings (SSSR count). The van der Waals surface area contributed by atoms with Crippen LogP contribution in [0.4, 0.5) is 5.69 Å². The summed E-state index contributed by atoms with van der Waals surface area (Å²) in [6.07, 6.45) is 6.86. The Balaban J connectivity index is 1.60. The van der Waals surface area contributed by atoms with Gasteiger partial charge in [-0.3, -0.25) is 19.5 Å². The Labute approximate surface area is 206 Å². The van der Waals surface area contributed by atoms with E-state index < -0.39 is 0 Å². The van der Waals surface area contributed by atoms with Crippen molar-refractivity contribution in [2.75, 3.05) is 45.7 Å². The van der Waals surface area contributed by atoms with Gasteiger partial charge in [-0.2, -0.15) is 0 Å². The second-order valence-electron chi connectivity index (χ2n) is 9.75. The number of ether oxygens (including phenoxy) is 2. The number of rotatable bonds is 5. The molecular weight excluding hydrogens is 446 g/mol. The van der Waals surface area contributed by atoms with E-state index in [0.29, 0.717) is 30.2 Å². The smallest absolute Gasteiger partial charge is 0.275 e. The van der Waals surface area contributed by atoms with E-state index in [9.17, 15) is 9.59 Å². The Bertz CT molecular complexity index is 1030. The SMILES string of the molecule is CO[C@@H]1CN(C)C(=O)c2ccc(NC(=O)c3cnccn3)cc2OC[C@@H](C)N(CC2CC2)C[C@@H]1C. The molecule has 0 spiro atoms. The maximum atomic E-state index is 13.3. The highest BCUT2D eigenvalue weighted by Crippen LogP contribution is 2.32. The zero-order valence-electron chi connectivity index (χ0n) is 20.9. The van der Waals surface area contributed by atoms with E-state index in [0.717, 1.165) is 19.0 Å². The van der Waals surface area contributed by atoms with Crippen LogP contribution in [0.1, 0.15) is 47.5 Å². The largest absolute Gasteiger partial charge is 0.491 e. The minimum atomic E-state index is -0.379. The molecule has 1 aromatic carbocycles. The summed E-state index contributed by atoms with van der Waals surface area (Å²) in [6.45, 7) is 7.18. The normalized spacial score (nSPS) is 24.1. The van der Waals surface area contributed by atoms with Crippen LogP contribution in [0.5, 0.6) is 5.75 Å². The summed E-state index contributed by atoms with van der Waals surface area (Å²) in [4.78, 5) is 38.1. The van der Waals surface area contributed by atoms with Crippen molar-refractivity contribution >= 4 is 17.5 Å². The third-order valence-corrected chi connectivity index (χ3v) is 6.82. The molecule has 1 aromatic heterocycles. The Hall–Kier alpha value is -3.04.